The molecule has 1 heterocycles. The Bertz CT molecular complexity index is 415. The van der Waals surface area contributed by atoms with Crippen molar-refractivity contribution in [2.75, 3.05) is 13.1 Å². The molecule has 1 aromatic heterocycles. The highest BCUT2D eigenvalue weighted by Crippen LogP contribution is 2.28. The average molecular weight is 264 g/mol. The Morgan fingerprint density at radius 3 is 3.05 bits per heavy atom. The minimum Gasteiger partial charge on any atom is -0.350 e. The van der Waals surface area contributed by atoms with Crippen LogP contribution in [0.3, 0.4) is 0 Å². The van der Waals surface area contributed by atoms with Crippen LogP contribution in [-0.4, -0.2) is 28.5 Å². The van der Waals surface area contributed by atoms with Crippen LogP contribution in [0.1, 0.15) is 43.1 Å². The number of nitrogens with two attached hydrogens (primary N) is 1. The highest BCUT2D eigenvalue weighted by molar-refractivity contribution is 5.91. The van der Waals surface area contributed by atoms with Gasteiger partial charge in [-0.15, -0.1) is 0 Å². The average Bonchev–Trinajstić information content (AvgIpc) is 2.87. The van der Waals surface area contributed by atoms with E-state index < -0.39 is 0 Å². The third-order valence-electron chi connectivity index (χ3n) is 4.07. The summed E-state index contributed by atoms with van der Waals surface area (Å²) in [6, 6.07) is 0. The van der Waals surface area contributed by atoms with E-state index in [4.69, 9.17) is 5.73 Å². The van der Waals surface area contributed by atoms with Gasteiger partial charge in [-0.25, -0.2) is 4.98 Å². The number of hydrogen-bond acceptors (Lipinski definition) is 3. The van der Waals surface area contributed by atoms with E-state index in [1.54, 1.807) is 12.5 Å². The predicted octanol–water partition coefficient (Wildman–Crippen LogP) is 1.40. The van der Waals surface area contributed by atoms with E-state index in [2.05, 4.69) is 17.2 Å². The topological polar surface area (TPSA) is 72.9 Å². The molecule has 19 heavy (non-hydrogen) atoms. The van der Waals surface area contributed by atoms with Crippen LogP contribution in [0.5, 0.6) is 0 Å². The van der Waals surface area contributed by atoms with Gasteiger partial charge in [-0.2, -0.15) is 0 Å². The summed E-state index contributed by atoms with van der Waals surface area (Å²) in [5.74, 6) is 1.25. The molecule has 2 atom stereocenters. The third kappa shape index (κ3) is 3.80. The van der Waals surface area contributed by atoms with E-state index in [1.807, 2.05) is 4.57 Å². The van der Waals surface area contributed by atoms with Gasteiger partial charge in [-0.3, -0.25) is 4.79 Å². The van der Waals surface area contributed by atoms with Gasteiger partial charge in [0.1, 0.15) is 5.69 Å². The van der Waals surface area contributed by atoms with Crippen LogP contribution in [0.25, 0.3) is 0 Å². The smallest absolute Gasteiger partial charge is 0.271 e. The summed E-state index contributed by atoms with van der Waals surface area (Å²) >= 11 is 0. The minimum absolute atomic E-state index is 0.0754. The van der Waals surface area contributed by atoms with Crippen LogP contribution in [-0.2, 0) is 6.54 Å². The normalized spacial score (nSPS) is 23.3. The van der Waals surface area contributed by atoms with Crippen molar-refractivity contribution in [2.24, 2.45) is 17.6 Å². The summed E-state index contributed by atoms with van der Waals surface area (Å²) in [4.78, 5) is 16.1. The van der Waals surface area contributed by atoms with Crippen molar-refractivity contribution in [3.8, 4) is 0 Å². The summed E-state index contributed by atoms with van der Waals surface area (Å²) in [6.45, 7) is 4.30. The number of nitrogens with zero attached hydrogens (tertiary/aromatic N) is 2. The molecule has 1 aliphatic carbocycles. The molecule has 1 aromatic rings. The van der Waals surface area contributed by atoms with Crippen molar-refractivity contribution < 1.29 is 4.79 Å². The first-order valence-corrected chi connectivity index (χ1v) is 7.20. The number of carbonyl (C=O) groups excluding carboxylic acids is 1. The molecule has 0 aliphatic heterocycles. The Morgan fingerprint density at radius 1 is 1.53 bits per heavy atom. The van der Waals surface area contributed by atoms with Gasteiger partial charge >= 0.3 is 0 Å². The SMILES string of the molecule is CC1CCCCC1CNC(=O)c1cn(CCN)cn1. The van der Waals surface area contributed by atoms with Crippen LogP contribution >= 0.6 is 0 Å². The van der Waals surface area contributed by atoms with Gasteiger partial charge in [0.15, 0.2) is 0 Å². The lowest BCUT2D eigenvalue weighted by molar-refractivity contribution is 0.0932. The van der Waals surface area contributed by atoms with Crippen molar-refractivity contribution in [2.45, 2.75) is 39.2 Å². The number of carbonyl (C=O) groups is 1. The monoisotopic (exact) mass is 264 g/mol. The lowest BCUT2D eigenvalue weighted by atomic mass is 9.80. The van der Waals surface area contributed by atoms with Crippen molar-refractivity contribution in [1.29, 1.82) is 0 Å². The standard InChI is InChI=1S/C14H24N4O/c1-11-4-2-3-5-12(11)8-16-14(19)13-9-18(7-6-15)10-17-13/h9-12H,2-8,15H2,1H3,(H,16,19). The first-order valence-electron chi connectivity index (χ1n) is 7.20. The molecular formula is C14H24N4O. The van der Waals surface area contributed by atoms with Gasteiger partial charge in [0.25, 0.3) is 5.91 Å². The molecule has 5 nitrogen and oxygen atoms in total. The molecule has 0 radical (unpaired) electrons. The van der Waals surface area contributed by atoms with Gasteiger partial charge in [0, 0.05) is 25.8 Å². The summed E-state index contributed by atoms with van der Waals surface area (Å²) in [6.07, 6.45) is 8.54. The lowest BCUT2D eigenvalue weighted by Gasteiger charge is -2.28. The van der Waals surface area contributed by atoms with Crippen molar-refractivity contribution in [3.63, 3.8) is 0 Å². The largest absolute Gasteiger partial charge is 0.350 e. The van der Waals surface area contributed by atoms with Crippen LogP contribution < -0.4 is 11.1 Å². The van der Waals surface area contributed by atoms with Crippen molar-refractivity contribution in [1.82, 2.24) is 14.9 Å². The molecule has 106 valence electrons. The van der Waals surface area contributed by atoms with Gasteiger partial charge < -0.3 is 15.6 Å². The van der Waals surface area contributed by atoms with Gasteiger partial charge in [-0.05, 0) is 18.3 Å². The Labute approximate surface area is 114 Å². The molecule has 0 bridgehead atoms. The van der Waals surface area contributed by atoms with Crippen LogP contribution in [0.2, 0.25) is 0 Å². The van der Waals surface area contributed by atoms with E-state index in [0.29, 0.717) is 30.6 Å². The van der Waals surface area contributed by atoms with Gasteiger partial charge in [-0.1, -0.05) is 26.2 Å². The van der Waals surface area contributed by atoms with Crippen LogP contribution in [0.15, 0.2) is 12.5 Å². The summed E-state index contributed by atoms with van der Waals surface area (Å²) in [5, 5.41) is 3.01. The Kier molecular flexibility index (Phi) is 4.96. The van der Waals surface area contributed by atoms with E-state index in [0.717, 1.165) is 6.54 Å². The van der Waals surface area contributed by atoms with Crippen molar-refractivity contribution in [3.05, 3.63) is 18.2 Å². The molecule has 0 aromatic carbocycles. The molecule has 2 rings (SSSR count). The first-order chi connectivity index (χ1) is 9.20. The van der Waals surface area contributed by atoms with E-state index in [-0.39, 0.29) is 5.91 Å². The zero-order valence-electron chi connectivity index (χ0n) is 11.6. The fraction of sp³-hybridized carbons (Fsp3) is 0.714. The maximum absolute atomic E-state index is 12.0. The minimum atomic E-state index is -0.0754. The maximum atomic E-state index is 12.0. The van der Waals surface area contributed by atoms with E-state index in [1.165, 1.54) is 25.7 Å². The predicted molar refractivity (Wildman–Crippen MR) is 74.7 cm³/mol. The Morgan fingerprint density at radius 2 is 2.32 bits per heavy atom. The molecule has 1 fully saturated rings. The van der Waals surface area contributed by atoms with Gasteiger partial charge in [0.05, 0.1) is 6.33 Å². The van der Waals surface area contributed by atoms with Crippen LogP contribution in [0, 0.1) is 11.8 Å². The van der Waals surface area contributed by atoms with E-state index in [9.17, 15) is 4.79 Å². The lowest BCUT2D eigenvalue weighted by Crippen LogP contribution is -2.33. The summed E-state index contributed by atoms with van der Waals surface area (Å²) in [7, 11) is 0. The summed E-state index contributed by atoms with van der Waals surface area (Å²) < 4.78 is 1.85. The number of rotatable bonds is 5. The number of imidazole rings is 1. The van der Waals surface area contributed by atoms with E-state index >= 15 is 0 Å². The molecular weight excluding hydrogens is 240 g/mol. The number of amides is 1. The fourth-order valence-corrected chi connectivity index (χ4v) is 2.76. The third-order valence-corrected chi connectivity index (χ3v) is 4.07. The molecule has 1 saturated carbocycles. The molecule has 3 N–H and O–H groups in total. The second-order valence-corrected chi connectivity index (χ2v) is 5.52. The maximum Gasteiger partial charge on any atom is 0.271 e. The van der Waals surface area contributed by atoms with Crippen LogP contribution in [0.4, 0.5) is 0 Å². The molecule has 1 aliphatic rings. The zero-order chi connectivity index (χ0) is 13.7. The fourth-order valence-electron chi connectivity index (χ4n) is 2.76. The molecule has 0 saturated heterocycles. The second-order valence-electron chi connectivity index (χ2n) is 5.52. The number of nitrogens with one attached hydrogen (secondary N) is 1. The first kappa shape index (κ1) is 14.1. The quantitative estimate of drug-likeness (QED) is 0.844. The highest BCUT2D eigenvalue weighted by Gasteiger charge is 2.22. The Hall–Kier alpha value is -1.36. The number of hydrogen-bond donors (Lipinski definition) is 2. The molecule has 0 spiro atoms. The zero-order valence-corrected chi connectivity index (χ0v) is 11.6. The van der Waals surface area contributed by atoms with Crippen molar-refractivity contribution >= 4 is 5.91 Å². The molecule has 5 heteroatoms. The molecule has 1 amide bonds. The highest BCUT2D eigenvalue weighted by atomic mass is 16.1. The molecule has 2 unspecified atom stereocenters. The summed E-state index contributed by atoms with van der Waals surface area (Å²) in [5.41, 5.74) is 5.95. The second kappa shape index (κ2) is 6.70. The number of aromatic nitrogens is 2. The Balaban J connectivity index is 1.82. The van der Waals surface area contributed by atoms with Gasteiger partial charge in [0.2, 0.25) is 0 Å².